The molecule has 0 amide bonds. The highest BCUT2D eigenvalue weighted by Crippen LogP contribution is 2.21. The predicted molar refractivity (Wildman–Crippen MR) is 187 cm³/mol. The van der Waals surface area contributed by atoms with Crippen LogP contribution in [0.4, 0.5) is 0 Å². The Kier molecular flexibility index (Phi) is 12.3. The molecule has 0 radical (unpaired) electrons. The molecule has 6 aromatic carbocycles. The van der Waals surface area contributed by atoms with Gasteiger partial charge >= 0.3 is 0 Å². The average Bonchev–Trinajstić information content (AvgIpc) is 2.99. The molecule has 0 saturated carbocycles. The SMILES string of the molecule is Cc1ccc(-c2ccc(C)cc2)cc1.Cc1ccc(C)c2ccccc12.Cc1ccc(C)cc1.Cc1cccc(C)c1. The first-order valence-corrected chi connectivity index (χ1v) is 14.8. The maximum absolute atomic E-state index is 2.18. The Morgan fingerprint density at radius 1 is 0.262 bits per heavy atom. The standard InChI is InChI=1S/C14H14.C12H12.2C8H10/c1-11-3-7-13(8-4-11)14-9-5-12(2)6-10-14;1-9-7-8-10(2)12-6-4-3-5-11(9)12;1-7-3-5-8(2)6-4-7;1-7-4-3-5-8(2)6-7/h3-10H,1-2H3;3-8H,1-2H3;2*3-6H,1-2H3. The van der Waals surface area contributed by atoms with Crippen LogP contribution >= 0.6 is 0 Å². The molecule has 0 atom stereocenters. The zero-order valence-corrected chi connectivity index (χ0v) is 26.7. The Morgan fingerprint density at radius 2 is 0.571 bits per heavy atom. The van der Waals surface area contributed by atoms with Crippen molar-refractivity contribution in [3.05, 3.63) is 178 Å². The quantitative estimate of drug-likeness (QED) is 0.191. The zero-order valence-electron chi connectivity index (χ0n) is 26.7. The van der Waals surface area contributed by atoms with Crippen LogP contribution in [0.15, 0.2) is 133 Å². The van der Waals surface area contributed by atoms with Gasteiger partial charge in [0.25, 0.3) is 0 Å². The summed E-state index contributed by atoms with van der Waals surface area (Å²) in [4.78, 5) is 0. The lowest BCUT2D eigenvalue weighted by Crippen LogP contribution is -1.80. The van der Waals surface area contributed by atoms with Crippen LogP contribution in [0.25, 0.3) is 21.9 Å². The van der Waals surface area contributed by atoms with Crippen molar-refractivity contribution in [1.29, 1.82) is 0 Å². The Labute approximate surface area is 254 Å². The Morgan fingerprint density at radius 3 is 0.857 bits per heavy atom. The molecular formula is C42H46. The third-order valence-electron chi connectivity index (χ3n) is 7.19. The first kappa shape index (κ1) is 32.1. The molecule has 6 aromatic rings. The van der Waals surface area contributed by atoms with Crippen LogP contribution in [0, 0.1) is 55.4 Å². The summed E-state index contributed by atoms with van der Waals surface area (Å²) in [5, 5.41) is 2.75. The van der Waals surface area contributed by atoms with Gasteiger partial charge in [0.15, 0.2) is 0 Å². The van der Waals surface area contributed by atoms with E-state index in [1.54, 1.807) is 0 Å². The topological polar surface area (TPSA) is 0 Å². The molecule has 0 nitrogen and oxygen atoms in total. The summed E-state index contributed by atoms with van der Waals surface area (Å²) in [6, 6.07) is 47.1. The monoisotopic (exact) mass is 550 g/mol. The van der Waals surface area contributed by atoms with Crippen molar-refractivity contribution in [3.63, 3.8) is 0 Å². The van der Waals surface area contributed by atoms with Crippen molar-refractivity contribution in [2.75, 3.05) is 0 Å². The van der Waals surface area contributed by atoms with Crippen LogP contribution in [0.2, 0.25) is 0 Å². The van der Waals surface area contributed by atoms with Gasteiger partial charge in [0, 0.05) is 0 Å². The van der Waals surface area contributed by atoms with E-state index in [-0.39, 0.29) is 0 Å². The van der Waals surface area contributed by atoms with E-state index in [1.807, 2.05) is 0 Å². The summed E-state index contributed by atoms with van der Waals surface area (Å²) < 4.78 is 0. The Balaban J connectivity index is 0.000000158. The van der Waals surface area contributed by atoms with E-state index in [2.05, 4.69) is 189 Å². The molecule has 0 heterocycles. The lowest BCUT2D eigenvalue weighted by Gasteiger charge is -2.03. The molecule has 6 rings (SSSR count). The zero-order chi connectivity index (χ0) is 30.5. The molecule has 0 aliphatic carbocycles. The second-order valence-corrected chi connectivity index (χ2v) is 11.3. The molecular weight excluding hydrogens is 504 g/mol. The van der Waals surface area contributed by atoms with E-state index < -0.39 is 0 Å². The molecule has 0 N–H and O–H groups in total. The van der Waals surface area contributed by atoms with Crippen molar-refractivity contribution >= 4 is 10.8 Å². The minimum Gasteiger partial charge on any atom is -0.0617 e. The minimum atomic E-state index is 1.29. The number of fused-ring (bicyclic) bond motifs is 1. The normalized spacial score (nSPS) is 9.90. The van der Waals surface area contributed by atoms with Gasteiger partial charge in [0.05, 0.1) is 0 Å². The van der Waals surface area contributed by atoms with Crippen molar-refractivity contribution in [3.8, 4) is 11.1 Å². The summed E-state index contributed by atoms with van der Waals surface area (Å²) >= 11 is 0. The number of benzene rings is 6. The Hall–Kier alpha value is -4.42. The molecule has 0 unspecified atom stereocenters. The van der Waals surface area contributed by atoms with Crippen LogP contribution in [-0.4, -0.2) is 0 Å². The lowest BCUT2D eigenvalue weighted by molar-refractivity contribution is 1.39. The molecule has 0 heteroatoms. The van der Waals surface area contributed by atoms with E-state index >= 15 is 0 Å². The molecule has 0 saturated heterocycles. The van der Waals surface area contributed by atoms with Crippen molar-refractivity contribution < 1.29 is 0 Å². The largest absolute Gasteiger partial charge is 0.0617 e. The number of hydrogen-bond acceptors (Lipinski definition) is 0. The average molecular weight is 551 g/mol. The second-order valence-electron chi connectivity index (χ2n) is 11.3. The molecule has 0 fully saturated rings. The molecule has 0 spiro atoms. The third kappa shape index (κ3) is 10.5. The summed E-state index contributed by atoms with van der Waals surface area (Å²) in [7, 11) is 0. The summed E-state index contributed by atoms with van der Waals surface area (Å²) in [6.45, 7) is 16.9. The van der Waals surface area contributed by atoms with E-state index in [0.717, 1.165) is 0 Å². The van der Waals surface area contributed by atoms with Crippen LogP contribution in [0.5, 0.6) is 0 Å². The van der Waals surface area contributed by atoms with Crippen LogP contribution < -0.4 is 0 Å². The maximum atomic E-state index is 2.18. The third-order valence-corrected chi connectivity index (χ3v) is 7.19. The van der Waals surface area contributed by atoms with Gasteiger partial charge in [-0.1, -0.05) is 167 Å². The molecule has 0 aliphatic heterocycles. The highest BCUT2D eigenvalue weighted by molar-refractivity contribution is 5.88. The second kappa shape index (κ2) is 16.1. The smallest absolute Gasteiger partial charge is 0.0152 e. The van der Waals surface area contributed by atoms with Gasteiger partial charge in [-0.25, -0.2) is 0 Å². The number of aryl methyl sites for hydroxylation is 8. The fourth-order valence-electron chi connectivity index (χ4n) is 4.54. The van der Waals surface area contributed by atoms with E-state index in [9.17, 15) is 0 Å². The summed E-state index contributed by atoms with van der Waals surface area (Å²) in [5.41, 5.74) is 13.2. The molecule has 214 valence electrons. The fourth-order valence-corrected chi connectivity index (χ4v) is 4.54. The molecule has 0 aromatic heterocycles. The maximum Gasteiger partial charge on any atom is -0.0152 e. The first-order valence-electron chi connectivity index (χ1n) is 14.8. The van der Waals surface area contributed by atoms with Crippen LogP contribution in [-0.2, 0) is 0 Å². The fraction of sp³-hybridized carbons (Fsp3) is 0.190. The number of hydrogen-bond donors (Lipinski definition) is 0. The van der Waals surface area contributed by atoms with E-state index in [0.29, 0.717) is 0 Å². The highest BCUT2D eigenvalue weighted by Gasteiger charge is 1.97. The number of rotatable bonds is 1. The summed E-state index contributed by atoms with van der Waals surface area (Å²) in [6.07, 6.45) is 0. The van der Waals surface area contributed by atoms with Crippen LogP contribution in [0.3, 0.4) is 0 Å². The van der Waals surface area contributed by atoms with Gasteiger partial charge in [-0.05, 0) is 88.4 Å². The van der Waals surface area contributed by atoms with Gasteiger partial charge in [0.1, 0.15) is 0 Å². The first-order chi connectivity index (χ1) is 20.1. The minimum absolute atomic E-state index is 1.29. The highest BCUT2D eigenvalue weighted by atomic mass is 14.0. The molecule has 42 heavy (non-hydrogen) atoms. The Bertz CT molecular complexity index is 1530. The van der Waals surface area contributed by atoms with E-state index in [1.165, 1.54) is 66.4 Å². The van der Waals surface area contributed by atoms with Crippen LogP contribution in [0.1, 0.15) is 44.5 Å². The lowest BCUT2D eigenvalue weighted by atomic mass is 10.0. The van der Waals surface area contributed by atoms with Gasteiger partial charge < -0.3 is 0 Å². The summed E-state index contributed by atoms with van der Waals surface area (Å²) in [5.74, 6) is 0. The molecule has 0 bridgehead atoms. The van der Waals surface area contributed by atoms with Gasteiger partial charge in [0.2, 0.25) is 0 Å². The van der Waals surface area contributed by atoms with Gasteiger partial charge in [-0.15, -0.1) is 0 Å². The predicted octanol–water partition coefficient (Wildman–Crippen LogP) is 12.0. The van der Waals surface area contributed by atoms with Crippen molar-refractivity contribution in [1.82, 2.24) is 0 Å². The van der Waals surface area contributed by atoms with Crippen molar-refractivity contribution in [2.45, 2.75) is 55.4 Å². The van der Waals surface area contributed by atoms with Gasteiger partial charge in [-0.3, -0.25) is 0 Å². The van der Waals surface area contributed by atoms with Crippen molar-refractivity contribution in [2.24, 2.45) is 0 Å². The molecule has 0 aliphatic rings. The van der Waals surface area contributed by atoms with E-state index in [4.69, 9.17) is 0 Å². The van der Waals surface area contributed by atoms with Gasteiger partial charge in [-0.2, -0.15) is 0 Å².